The Balaban J connectivity index is 1.69. The van der Waals surface area contributed by atoms with Crippen LogP contribution in [0.1, 0.15) is 34.3 Å². The Morgan fingerprint density at radius 2 is 2.20 bits per heavy atom. The monoisotopic (exact) mass is 373 g/mol. The first-order valence-electron chi connectivity index (χ1n) is 8.05. The smallest absolute Gasteiger partial charge is 0.263 e. The molecular formula is C18H19N3O2S2. The van der Waals surface area contributed by atoms with Crippen LogP contribution in [-0.2, 0) is 6.54 Å². The Labute approximate surface area is 154 Å². The highest BCUT2D eigenvalue weighted by Crippen LogP contribution is 2.31. The maximum absolute atomic E-state index is 12.5. The van der Waals surface area contributed by atoms with Crippen molar-refractivity contribution in [2.75, 3.05) is 6.61 Å². The highest BCUT2D eigenvalue weighted by molar-refractivity contribution is 7.22. The van der Waals surface area contributed by atoms with Gasteiger partial charge >= 0.3 is 0 Å². The van der Waals surface area contributed by atoms with E-state index in [2.05, 4.69) is 15.3 Å². The van der Waals surface area contributed by atoms with E-state index in [1.165, 1.54) is 11.3 Å². The molecule has 1 amide bonds. The first-order valence-corrected chi connectivity index (χ1v) is 9.75. The minimum Gasteiger partial charge on any atom is -0.477 e. The Morgan fingerprint density at radius 1 is 1.32 bits per heavy atom. The quantitative estimate of drug-likeness (QED) is 0.671. The molecule has 7 heteroatoms. The van der Waals surface area contributed by atoms with E-state index in [4.69, 9.17) is 4.74 Å². The van der Waals surface area contributed by atoms with Crippen molar-refractivity contribution < 1.29 is 9.53 Å². The highest BCUT2D eigenvalue weighted by atomic mass is 32.1. The number of thiazole rings is 1. The van der Waals surface area contributed by atoms with Crippen LogP contribution in [0.2, 0.25) is 0 Å². The van der Waals surface area contributed by atoms with Gasteiger partial charge < -0.3 is 10.1 Å². The second kappa shape index (κ2) is 8.22. The minimum atomic E-state index is -0.122. The lowest BCUT2D eigenvalue weighted by Crippen LogP contribution is -2.23. The third-order valence-electron chi connectivity index (χ3n) is 3.47. The Bertz CT molecular complexity index is 844. The van der Waals surface area contributed by atoms with Gasteiger partial charge in [0, 0.05) is 18.3 Å². The summed E-state index contributed by atoms with van der Waals surface area (Å²) in [6.07, 6.45) is 2.60. The zero-order valence-electron chi connectivity index (χ0n) is 14.1. The van der Waals surface area contributed by atoms with Crippen LogP contribution in [0.15, 0.2) is 35.8 Å². The Hall–Kier alpha value is -2.25. The maximum Gasteiger partial charge on any atom is 0.263 e. The van der Waals surface area contributed by atoms with Crippen LogP contribution in [0.4, 0.5) is 0 Å². The predicted octanol–water partition coefficient (Wildman–Crippen LogP) is 4.29. The predicted molar refractivity (Wildman–Crippen MR) is 101 cm³/mol. The number of nitrogens with one attached hydrogen (secondary N) is 1. The van der Waals surface area contributed by atoms with Crippen molar-refractivity contribution in [1.82, 2.24) is 15.3 Å². The molecule has 3 rings (SSSR count). The molecule has 3 aromatic heterocycles. The fourth-order valence-corrected chi connectivity index (χ4v) is 4.04. The molecule has 3 aromatic rings. The summed E-state index contributed by atoms with van der Waals surface area (Å²) in [4.78, 5) is 23.0. The van der Waals surface area contributed by atoms with E-state index in [0.29, 0.717) is 23.9 Å². The standard InChI is InChI=1S/C18H19N3O2S2/c1-3-9-23-17-13(6-4-8-19-17)11-20-16(22)15-12(2)21-18(25-15)14-7-5-10-24-14/h4-8,10H,3,9,11H2,1-2H3,(H,20,22). The normalized spacial score (nSPS) is 10.6. The third kappa shape index (κ3) is 4.24. The summed E-state index contributed by atoms with van der Waals surface area (Å²) in [7, 11) is 0. The number of pyridine rings is 1. The van der Waals surface area contributed by atoms with Gasteiger partial charge in [0.05, 0.1) is 17.2 Å². The molecular weight excluding hydrogens is 354 g/mol. The number of hydrogen-bond acceptors (Lipinski definition) is 6. The zero-order chi connectivity index (χ0) is 17.6. The molecule has 0 unspecified atom stereocenters. The van der Waals surface area contributed by atoms with E-state index in [1.807, 2.05) is 43.5 Å². The molecule has 0 aliphatic heterocycles. The summed E-state index contributed by atoms with van der Waals surface area (Å²) in [5, 5.41) is 5.83. The molecule has 0 spiro atoms. The molecule has 0 saturated heterocycles. The number of ether oxygens (including phenoxy) is 1. The molecule has 0 aliphatic rings. The van der Waals surface area contributed by atoms with Crippen LogP contribution < -0.4 is 10.1 Å². The van der Waals surface area contributed by atoms with Crippen LogP contribution in [0.5, 0.6) is 5.88 Å². The maximum atomic E-state index is 12.5. The molecule has 0 aromatic carbocycles. The topological polar surface area (TPSA) is 64.1 Å². The van der Waals surface area contributed by atoms with Crippen LogP contribution in [0.25, 0.3) is 9.88 Å². The summed E-state index contributed by atoms with van der Waals surface area (Å²) in [5.74, 6) is 0.452. The number of aryl methyl sites for hydroxylation is 1. The van der Waals surface area contributed by atoms with E-state index < -0.39 is 0 Å². The molecule has 0 fully saturated rings. The van der Waals surface area contributed by atoms with Crippen molar-refractivity contribution in [2.45, 2.75) is 26.8 Å². The molecule has 5 nitrogen and oxygen atoms in total. The summed E-state index contributed by atoms with van der Waals surface area (Å²) in [6.45, 7) is 4.89. The molecule has 0 saturated carbocycles. The number of carbonyl (C=O) groups is 1. The Kier molecular flexibility index (Phi) is 5.78. The molecule has 0 radical (unpaired) electrons. The van der Waals surface area contributed by atoms with Gasteiger partial charge in [-0.25, -0.2) is 9.97 Å². The molecule has 0 bridgehead atoms. The fourth-order valence-electron chi connectivity index (χ4n) is 2.26. The van der Waals surface area contributed by atoms with Gasteiger partial charge in [0.15, 0.2) is 0 Å². The lowest BCUT2D eigenvalue weighted by Gasteiger charge is -2.10. The second-order valence-corrected chi connectivity index (χ2v) is 7.36. The van der Waals surface area contributed by atoms with Gasteiger partial charge in [-0.1, -0.05) is 19.1 Å². The molecule has 25 heavy (non-hydrogen) atoms. The van der Waals surface area contributed by atoms with Gasteiger partial charge in [-0.15, -0.1) is 22.7 Å². The zero-order valence-corrected chi connectivity index (χ0v) is 15.7. The first kappa shape index (κ1) is 17.6. The SMILES string of the molecule is CCCOc1ncccc1CNC(=O)c1sc(-c2cccs2)nc1C. The highest BCUT2D eigenvalue weighted by Gasteiger charge is 2.17. The van der Waals surface area contributed by atoms with E-state index >= 15 is 0 Å². The Morgan fingerprint density at radius 3 is 2.96 bits per heavy atom. The molecule has 0 aliphatic carbocycles. The van der Waals surface area contributed by atoms with Gasteiger partial charge in [-0.05, 0) is 30.9 Å². The van der Waals surface area contributed by atoms with Crippen molar-refractivity contribution in [3.8, 4) is 15.8 Å². The largest absolute Gasteiger partial charge is 0.477 e. The van der Waals surface area contributed by atoms with Crippen molar-refractivity contribution in [3.05, 3.63) is 52.0 Å². The molecule has 3 heterocycles. The lowest BCUT2D eigenvalue weighted by atomic mass is 10.2. The van der Waals surface area contributed by atoms with Crippen LogP contribution in [0, 0.1) is 6.92 Å². The second-order valence-electron chi connectivity index (χ2n) is 5.41. The van der Waals surface area contributed by atoms with Crippen LogP contribution in [0.3, 0.4) is 0 Å². The van der Waals surface area contributed by atoms with Gasteiger partial charge in [0.2, 0.25) is 5.88 Å². The fraction of sp³-hybridized carbons (Fsp3) is 0.278. The molecule has 0 atom stereocenters. The number of amides is 1. The summed E-state index contributed by atoms with van der Waals surface area (Å²) in [6, 6.07) is 7.75. The summed E-state index contributed by atoms with van der Waals surface area (Å²) >= 11 is 3.04. The van der Waals surface area contributed by atoms with E-state index in [9.17, 15) is 4.79 Å². The molecule has 130 valence electrons. The number of nitrogens with zero attached hydrogens (tertiary/aromatic N) is 2. The van der Waals surface area contributed by atoms with Gasteiger partial charge in [0.25, 0.3) is 5.91 Å². The van der Waals surface area contributed by atoms with Crippen molar-refractivity contribution in [2.24, 2.45) is 0 Å². The van der Waals surface area contributed by atoms with E-state index in [-0.39, 0.29) is 5.91 Å². The number of carbonyl (C=O) groups excluding carboxylic acids is 1. The van der Waals surface area contributed by atoms with E-state index in [1.54, 1.807) is 17.5 Å². The van der Waals surface area contributed by atoms with Gasteiger partial charge in [-0.2, -0.15) is 0 Å². The average Bonchev–Trinajstić information content (AvgIpc) is 3.28. The first-order chi connectivity index (χ1) is 12.2. The van der Waals surface area contributed by atoms with Crippen molar-refractivity contribution >= 4 is 28.6 Å². The number of hydrogen-bond donors (Lipinski definition) is 1. The summed E-state index contributed by atoms with van der Waals surface area (Å²) in [5.41, 5.74) is 1.62. The summed E-state index contributed by atoms with van der Waals surface area (Å²) < 4.78 is 5.63. The average molecular weight is 374 g/mol. The third-order valence-corrected chi connectivity index (χ3v) is 5.66. The number of thiophene rings is 1. The number of aromatic nitrogens is 2. The van der Waals surface area contributed by atoms with Gasteiger partial charge in [0.1, 0.15) is 9.88 Å². The van der Waals surface area contributed by atoms with Crippen molar-refractivity contribution in [1.29, 1.82) is 0 Å². The molecule has 1 N–H and O–H groups in total. The van der Waals surface area contributed by atoms with Gasteiger partial charge in [-0.3, -0.25) is 4.79 Å². The van der Waals surface area contributed by atoms with Crippen LogP contribution >= 0.6 is 22.7 Å². The lowest BCUT2D eigenvalue weighted by molar-refractivity contribution is 0.0954. The number of rotatable bonds is 7. The van der Waals surface area contributed by atoms with E-state index in [0.717, 1.165) is 27.6 Å². The van der Waals surface area contributed by atoms with Crippen LogP contribution in [-0.4, -0.2) is 22.5 Å². The minimum absolute atomic E-state index is 0.122. The van der Waals surface area contributed by atoms with Crippen molar-refractivity contribution in [3.63, 3.8) is 0 Å².